The molecule has 2 aliphatic rings. The zero-order chi connectivity index (χ0) is 14.2. The molecular weight excluding hydrogens is 260 g/mol. The highest BCUT2D eigenvalue weighted by Crippen LogP contribution is 2.35. The molecule has 0 unspecified atom stereocenters. The zero-order valence-corrected chi connectivity index (χ0v) is 11.7. The van der Waals surface area contributed by atoms with E-state index < -0.39 is 0 Å². The fourth-order valence-electron chi connectivity index (χ4n) is 3.23. The van der Waals surface area contributed by atoms with Gasteiger partial charge in [0.2, 0.25) is 0 Å². The Kier molecular flexibility index (Phi) is 2.78. The van der Waals surface area contributed by atoms with Gasteiger partial charge >= 0.3 is 0 Å². The molecule has 1 aromatic carbocycles. The quantitative estimate of drug-likeness (QED) is 0.870. The Labute approximate surface area is 124 Å². The van der Waals surface area contributed by atoms with Crippen LogP contribution in [0.15, 0.2) is 36.4 Å². The molecule has 4 rings (SSSR count). The van der Waals surface area contributed by atoms with Crippen LogP contribution in [0.5, 0.6) is 0 Å². The molecule has 104 valence electrons. The average Bonchev–Trinajstić information content (AvgIpc) is 2.54. The molecule has 3 heterocycles. The van der Waals surface area contributed by atoms with Crippen LogP contribution in [0.2, 0.25) is 0 Å². The number of hydrogen-bond donors (Lipinski definition) is 1. The van der Waals surface area contributed by atoms with Crippen LogP contribution in [-0.2, 0) is 0 Å². The van der Waals surface area contributed by atoms with Gasteiger partial charge in [-0.1, -0.05) is 12.1 Å². The third-order valence-corrected chi connectivity index (χ3v) is 4.26. The number of nitrogens with one attached hydrogen (secondary N) is 1. The van der Waals surface area contributed by atoms with Crippen molar-refractivity contribution < 1.29 is 0 Å². The van der Waals surface area contributed by atoms with Crippen molar-refractivity contribution in [3.05, 3.63) is 42.0 Å². The van der Waals surface area contributed by atoms with Crippen LogP contribution < -0.4 is 10.2 Å². The van der Waals surface area contributed by atoms with E-state index in [2.05, 4.69) is 22.4 Å². The van der Waals surface area contributed by atoms with Crippen LogP contribution in [-0.4, -0.2) is 24.1 Å². The standard InChI is InChI=1S/C17H16N4/c18-10-12-3-1-4-13(9-12)15-6-7-16-17(20-15)19-14-5-2-8-21(16)11-14/h1,3-4,6-7,9,14H,2,5,8,11H2,(H,19,20)/t14-/m1/s1. The maximum atomic E-state index is 9.02. The number of nitriles is 1. The molecule has 1 atom stereocenters. The van der Waals surface area contributed by atoms with Gasteiger partial charge in [0, 0.05) is 24.7 Å². The Balaban J connectivity index is 1.75. The van der Waals surface area contributed by atoms with Crippen molar-refractivity contribution in [1.29, 1.82) is 5.26 Å². The molecule has 2 bridgehead atoms. The van der Waals surface area contributed by atoms with E-state index in [0.29, 0.717) is 11.6 Å². The van der Waals surface area contributed by atoms with Crippen LogP contribution in [0, 0.1) is 11.3 Å². The van der Waals surface area contributed by atoms with Crippen molar-refractivity contribution in [3.63, 3.8) is 0 Å². The highest BCUT2D eigenvalue weighted by molar-refractivity contribution is 5.74. The molecule has 0 amide bonds. The van der Waals surface area contributed by atoms with E-state index in [9.17, 15) is 0 Å². The lowest BCUT2D eigenvalue weighted by Gasteiger charge is -2.40. The summed E-state index contributed by atoms with van der Waals surface area (Å²) in [6.07, 6.45) is 2.45. The summed E-state index contributed by atoms with van der Waals surface area (Å²) in [5, 5.41) is 12.6. The summed E-state index contributed by atoms with van der Waals surface area (Å²) < 4.78 is 0. The van der Waals surface area contributed by atoms with E-state index in [-0.39, 0.29) is 0 Å². The van der Waals surface area contributed by atoms with E-state index in [1.165, 1.54) is 18.5 Å². The van der Waals surface area contributed by atoms with Crippen molar-refractivity contribution in [2.75, 3.05) is 23.3 Å². The Morgan fingerprint density at radius 1 is 1.29 bits per heavy atom. The maximum absolute atomic E-state index is 9.02. The average molecular weight is 276 g/mol. The van der Waals surface area contributed by atoms with Gasteiger partial charge in [-0.25, -0.2) is 4.98 Å². The first-order valence-electron chi connectivity index (χ1n) is 7.36. The third-order valence-electron chi connectivity index (χ3n) is 4.26. The minimum absolute atomic E-state index is 0.513. The molecule has 2 aromatic rings. The molecule has 2 aliphatic heterocycles. The number of aromatic nitrogens is 1. The molecule has 1 saturated heterocycles. The number of benzene rings is 1. The number of nitrogens with zero attached hydrogens (tertiary/aromatic N) is 3. The molecule has 1 aromatic heterocycles. The van der Waals surface area contributed by atoms with Gasteiger partial charge in [-0.2, -0.15) is 5.26 Å². The molecule has 21 heavy (non-hydrogen) atoms. The number of piperidine rings is 1. The van der Waals surface area contributed by atoms with Gasteiger partial charge in [0.15, 0.2) is 5.82 Å². The highest BCUT2D eigenvalue weighted by atomic mass is 15.2. The number of rotatable bonds is 1. The third kappa shape index (κ3) is 2.11. The van der Waals surface area contributed by atoms with Crippen molar-refractivity contribution >= 4 is 11.5 Å². The summed E-state index contributed by atoms with van der Waals surface area (Å²) in [4.78, 5) is 7.20. The number of pyridine rings is 1. The smallest absolute Gasteiger partial charge is 0.150 e. The maximum Gasteiger partial charge on any atom is 0.150 e. The fraction of sp³-hybridized carbons (Fsp3) is 0.294. The van der Waals surface area contributed by atoms with E-state index >= 15 is 0 Å². The van der Waals surface area contributed by atoms with Crippen molar-refractivity contribution in [3.8, 4) is 17.3 Å². The molecule has 4 heteroatoms. The van der Waals surface area contributed by atoms with E-state index in [1.54, 1.807) is 0 Å². The summed E-state index contributed by atoms with van der Waals surface area (Å²) in [5.74, 6) is 0.978. The topological polar surface area (TPSA) is 52.0 Å². The minimum Gasteiger partial charge on any atom is -0.366 e. The number of hydrogen-bond acceptors (Lipinski definition) is 4. The summed E-state index contributed by atoms with van der Waals surface area (Å²) in [6.45, 7) is 2.20. The van der Waals surface area contributed by atoms with Crippen molar-refractivity contribution in [2.45, 2.75) is 18.9 Å². The van der Waals surface area contributed by atoms with Crippen LogP contribution >= 0.6 is 0 Å². The first kappa shape index (κ1) is 12.2. The largest absolute Gasteiger partial charge is 0.366 e. The zero-order valence-electron chi connectivity index (χ0n) is 11.7. The molecule has 0 radical (unpaired) electrons. The monoisotopic (exact) mass is 276 g/mol. The highest BCUT2D eigenvalue weighted by Gasteiger charge is 2.28. The summed E-state index contributed by atoms with van der Waals surface area (Å²) in [5.41, 5.74) is 3.77. The Hall–Kier alpha value is -2.54. The van der Waals surface area contributed by atoms with Crippen LogP contribution in [0.4, 0.5) is 11.5 Å². The second-order valence-corrected chi connectivity index (χ2v) is 5.69. The van der Waals surface area contributed by atoms with Crippen molar-refractivity contribution in [2.24, 2.45) is 0 Å². The number of anilines is 2. The van der Waals surface area contributed by atoms with Gasteiger partial charge in [0.25, 0.3) is 0 Å². The molecule has 0 aliphatic carbocycles. The lowest BCUT2D eigenvalue weighted by atomic mass is 10.0. The predicted octanol–water partition coefficient (Wildman–Crippen LogP) is 3.01. The summed E-state index contributed by atoms with van der Waals surface area (Å²) in [6, 6.07) is 14.5. The van der Waals surface area contributed by atoms with Gasteiger partial charge in [-0.05, 0) is 37.1 Å². The molecule has 4 nitrogen and oxygen atoms in total. The normalized spacial score (nSPS) is 19.4. The van der Waals surface area contributed by atoms with Gasteiger partial charge in [-0.15, -0.1) is 0 Å². The lowest BCUT2D eigenvalue weighted by molar-refractivity contribution is 0.516. The van der Waals surface area contributed by atoms with Crippen molar-refractivity contribution in [1.82, 2.24) is 4.98 Å². The molecule has 0 spiro atoms. The Morgan fingerprint density at radius 3 is 3.14 bits per heavy atom. The van der Waals surface area contributed by atoms with Gasteiger partial charge in [-0.3, -0.25) is 0 Å². The first-order chi connectivity index (χ1) is 10.3. The lowest BCUT2D eigenvalue weighted by Crippen LogP contribution is -2.46. The van der Waals surface area contributed by atoms with Crippen LogP contribution in [0.3, 0.4) is 0 Å². The van der Waals surface area contributed by atoms with Crippen LogP contribution in [0.1, 0.15) is 18.4 Å². The predicted molar refractivity (Wildman–Crippen MR) is 83.2 cm³/mol. The SMILES string of the molecule is N#Cc1cccc(-c2ccc3c(n2)N[C@@H]2CCCN3C2)c1. The first-order valence-corrected chi connectivity index (χ1v) is 7.36. The Bertz CT molecular complexity index is 732. The number of fused-ring (bicyclic) bond motifs is 4. The minimum atomic E-state index is 0.513. The van der Waals surface area contributed by atoms with E-state index in [1.807, 2.05) is 30.3 Å². The van der Waals surface area contributed by atoms with Gasteiger partial charge in [0.1, 0.15) is 0 Å². The molecule has 1 fully saturated rings. The molecule has 0 saturated carbocycles. The Morgan fingerprint density at radius 2 is 2.24 bits per heavy atom. The van der Waals surface area contributed by atoms with Gasteiger partial charge < -0.3 is 10.2 Å². The second-order valence-electron chi connectivity index (χ2n) is 5.69. The van der Waals surface area contributed by atoms with E-state index in [4.69, 9.17) is 10.2 Å². The summed E-state index contributed by atoms with van der Waals surface area (Å²) in [7, 11) is 0. The fourth-order valence-corrected chi connectivity index (χ4v) is 3.23. The van der Waals surface area contributed by atoms with E-state index in [0.717, 1.165) is 30.2 Å². The molecule has 1 N–H and O–H groups in total. The van der Waals surface area contributed by atoms with Gasteiger partial charge in [0.05, 0.1) is 23.0 Å². The van der Waals surface area contributed by atoms with Crippen LogP contribution in [0.25, 0.3) is 11.3 Å². The summed E-state index contributed by atoms with van der Waals surface area (Å²) >= 11 is 0. The molecular formula is C17H16N4. The second kappa shape index (κ2) is 4.78.